The van der Waals surface area contributed by atoms with E-state index in [1.54, 1.807) is 0 Å². The Balaban J connectivity index is 5.51. The van der Waals surface area contributed by atoms with Gasteiger partial charge in [-0.05, 0) is 76.7 Å². The van der Waals surface area contributed by atoms with Gasteiger partial charge in [-0.1, -0.05) is 205 Å². The zero-order valence-corrected chi connectivity index (χ0v) is 44.8. The smallest absolute Gasteiger partial charge is 0.306 e. The average molecular weight is 949 g/mol. The number of ether oxygens (including phenoxy) is 1. The number of carbonyl (C=O) groups excluding carboxylic acids is 2. The molecule has 0 aromatic carbocycles. The fourth-order valence-corrected chi connectivity index (χ4v) is 8.41. The summed E-state index contributed by atoms with van der Waals surface area (Å²) in [6.07, 6.45) is 55.2. The minimum atomic E-state index is -4.71. The molecule has 66 heavy (non-hydrogen) atoms. The van der Waals surface area contributed by atoms with E-state index in [2.05, 4.69) is 56.5 Å². The molecule has 1 amide bonds. The maximum absolute atomic E-state index is 13.4. The van der Waals surface area contributed by atoms with Crippen LogP contribution in [0.5, 0.6) is 0 Å². The molecule has 3 unspecified atom stereocenters. The fourth-order valence-electron chi connectivity index (χ4n) is 7.68. The van der Waals surface area contributed by atoms with Crippen molar-refractivity contribution in [3.05, 3.63) is 48.6 Å². The van der Waals surface area contributed by atoms with Crippen LogP contribution in [0.1, 0.15) is 245 Å². The summed E-state index contributed by atoms with van der Waals surface area (Å²) in [5.41, 5.74) is 0. The van der Waals surface area contributed by atoms with Crippen molar-refractivity contribution in [2.45, 2.75) is 258 Å². The Hall–Kier alpha value is -2.03. The lowest BCUT2D eigenvalue weighted by Gasteiger charge is -2.30. The summed E-state index contributed by atoms with van der Waals surface area (Å²) in [6, 6.07) is -0.922. The maximum Gasteiger partial charge on any atom is 0.306 e. The first-order chi connectivity index (χ1) is 31.9. The van der Waals surface area contributed by atoms with E-state index in [1.807, 2.05) is 39.4 Å². The van der Waals surface area contributed by atoms with E-state index < -0.39 is 26.6 Å². The Morgan fingerprint density at radius 1 is 0.530 bits per heavy atom. The molecule has 0 heterocycles. The normalized spacial score (nSPS) is 14.2. The van der Waals surface area contributed by atoms with E-state index in [1.165, 1.54) is 141 Å². The van der Waals surface area contributed by atoms with Crippen molar-refractivity contribution in [2.24, 2.45) is 0 Å². The van der Waals surface area contributed by atoms with Gasteiger partial charge < -0.3 is 28.5 Å². The summed E-state index contributed by atoms with van der Waals surface area (Å²) < 4.78 is 30.1. The second kappa shape index (κ2) is 46.7. The number of hydrogen-bond acceptors (Lipinski definition) is 7. The van der Waals surface area contributed by atoms with Crippen LogP contribution >= 0.6 is 7.82 Å². The summed E-state index contributed by atoms with van der Waals surface area (Å²) >= 11 is 0. The number of allylic oxidation sites excluding steroid dienone is 7. The number of rotatable bonds is 49. The van der Waals surface area contributed by atoms with Gasteiger partial charge in [0.2, 0.25) is 5.91 Å². The predicted octanol–water partition coefficient (Wildman–Crippen LogP) is 15.5. The molecule has 3 atom stereocenters. The van der Waals surface area contributed by atoms with Gasteiger partial charge in [-0.25, -0.2) is 0 Å². The number of phosphoric acid groups is 1. The monoisotopic (exact) mass is 949 g/mol. The zero-order valence-electron chi connectivity index (χ0n) is 43.9. The van der Waals surface area contributed by atoms with Gasteiger partial charge in [-0.2, -0.15) is 0 Å². The SMILES string of the molecule is CCCCCCCC/C=C\C/C=C/CCC(=O)NC(COP(=O)([O-])OCC[N+](C)(C)C)C(/C=C/CCCCCCCCCCCCC)OC(=O)CCCCC/C=C\CCCCCCCCC. The van der Waals surface area contributed by atoms with Crippen molar-refractivity contribution < 1.29 is 37.3 Å². The van der Waals surface area contributed by atoms with Crippen LogP contribution in [-0.2, 0) is 27.9 Å². The number of quaternary nitrogens is 1. The minimum absolute atomic E-state index is 0.0336. The van der Waals surface area contributed by atoms with Gasteiger partial charge in [0, 0.05) is 12.8 Å². The van der Waals surface area contributed by atoms with Gasteiger partial charge >= 0.3 is 5.97 Å². The van der Waals surface area contributed by atoms with Crippen molar-refractivity contribution in [3.63, 3.8) is 0 Å². The molecule has 0 bridgehead atoms. The van der Waals surface area contributed by atoms with E-state index in [-0.39, 0.29) is 31.3 Å². The molecule has 1 N–H and O–H groups in total. The van der Waals surface area contributed by atoms with Crippen LogP contribution in [-0.4, -0.2) is 69.4 Å². The minimum Gasteiger partial charge on any atom is -0.756 e. The summed E-state index contributed by atoms with van der Waals surface area (Å²) in [5, 5.41) is 2.97. The lowest BCUT2D eigenvalue weighted by Crippen LogP contribution is -2.47. The van der Waals surface area contributed by atoms with Gasteiger partial charge in [0.25, 0.3) is 7.82 Å². The standard InChI is InChI=1S/C56H105N2O7P/c1-7-10-13-16-19-22-25-28-31-34-37-40-43-46-49-56(60)65-54(47-44-41-38-35-32-29-26-23-20-17-14-11-8-2)53(52-64-66(61,62)63-51-50-58(4,5)6)57-55(59)48-45-42-39-36-33-30-27-24-21-18-15-12-9-3/h30-31,33-34,39,42,44,47,53-54H,7-29,32,35-38,40-41,43,45-46,48-52H2,1-6H3,(H-,57,59,61,62)/b33-30-,34-31-,42-39+,47-44+. The summed E-state index contributed by atoms with van der Waals surface area (Å²) in [7, 11) is 1.15. The van der Waals surface area contributed by atoms with Crippen LogP contribution < -0.4 is 10.2 Å². The number of nitrogens with zero attached hydrogens (tertiary/aromatic N) is 1. The molecule has 0 spiro atoms. The number of nitrogens with one attached hydrogen (secondary N) is 1. The highest BCUT2D eigenvalue weighted by molar-refractivity contribution is 7.45. The van der Waals surface area contributed by atoms with Crippen LogP contribution in [0.25, 0.3) is 0 Å². The highest BCUT2D eigenvalue weighted by atomic mass is 31.2. The average Bonchev–Trinajstić information content (AvgIpc) is 3.27. The Labute approximate surface area is 408 Å². The fraction of sp³-hybridized carbons (Fsp3) is 0.821. The molecule has 0 radical (unpaired) electrons. The lowest BCUT2D eigenvalue weighted by molar-refractivity contribution is -0.870. The third-order valence-electron chi connectivity index (χ3n) is 12.0. The van der Waals surface area contributed by atoms with E-state index in [4.69, 9.17) is 13.8 Å². The van der Waals surface area contributed by atoms with E-state index in [9.17, 15) is 19.0 Å². The van der Waals surface area contributed by atoms with E-state index in [0.29, 0.717) is 23.9 Å². The molecule has 9 nitrogen and oxygen atoms in total. The summed E-state index contributed by atoms with van der Waals surface area (Å²) in [5.74, 6) is -0.636. The van der Waals surface area contributed by atoms with Crippen molar-refractivity contribution >= 4 is 19.7 Å². The molecule has 0 aromatic heterocycles. The number of phosphoric ester groups is 1. The highest BCUT2D eigenvalue weighted by Crippen LogP contribution is 2.38. The summed E-state index contributed by atoms with van der Waals surface area (Å²) in [4.78, 5) is 39.7. The van der Waals surface area contributed by atoms with Gasteiger partial charge in [0.1, 0.15) is 19.3 Å². The van der Waals surface area contributed by atoms with E-state index in [0.717, 1.165) is 57.8 Å². The van der Waals surface area contributed by atoms with Gasteiger partial charge in [-0.3, -0.25) is 14.2 Å². The number of amides is 1. The first-order valence-electron chi connectivity index (χ1n) is 27.4. The molecule has 0 saturated heterocycles. The molecule has 0 saturated carbocycles. The zero-order chi connectivity index (χ0) is 48.7. The molecule has 10 heteroatoms. The molecule has 0 aliphatic rings. The van der Waals surface area contributed by atoms with Crippen molar-refractivity contribution in [2.75, 3.05) is 40.9 Å². The number of carbonyl (C=O) groups is 2. The molecule has 0 rings (SSSR count). The van der Waals surface area contributed by atoms with Crippen LogP contribution in [0.15, 0.2) is 48.6 Å². The highest BCUT2D eigenvalue weighted by Gasteiger charge is 2.27. The van der Waals surface area contributed by atoms with Crippen molar-refractivity contribution in [1.82, 2.24) is 5.32 Å². The molecule has 0 aliphatic heterocycles. The second-order valence-electron chi connectivity index (χ2n) is 19.7. The molecular weight excluding hydrogens is 844 g/mol. The topological polar surface area (TPSA) is 114 Å². The molecule has 0 fully saturated rings. The van der Waals surface area contributed by atoms with Gasteiger partial charge in [0.15, 0.2) is 0 Å². The second-order valence-corrected chi connectivity index (χ2v) is 21.1. The first-order valence-corrected chi connectivity index (χ1v) is 28.9. The van der Waals surface area contributed by atoms with Gasteiger partial charge in [0.05, 0.1) is 33.8 Å². The van der Waals surface area contributed by atoms with Crippen molar-refractivity contribution in [1.29, 1.82) is 0 Å². The lowest BCUT2D eigenvalue weighted by atomic mass is 10.0. The van der Waals surface area contributed by atoms with Crippen LogP contribution in [0.4, 0.5) is 0 Å². The third kappa shape index (κ3) is 47.1. The number of hydrogen-bond donors (Lipinski definition) is 1. The van der Waals surface area contributed by atoms with Crippen LogP contribution in [0.2, 0.25) is 0 Å². The molecular formula is C56H105N2O7P. The first kappa shape index (κ1) is 64.0. The van der Waals surface area contributed by atoms with Crippen LogP contribution in [0.3, 0.4) is 0 Å². The largest absolute Gasteiger partial charge is 0.756 e. The number of unbranched alkanes of at least 4 members (excludes halogenated alkanes) is 27. The maximum atomic E-state index is 13.4. The predicted molar refractivity (Wildman–Crippen MR) is 279 cm³/mol. The number of esters is 1. The van der Waals surface area contributed by atoms with E-state index >= 15 is 0 Å². The Morgan fingerprint density at radius 3 is 1.41 bits per heavy atom. The summed E-state index contributed by atoms with van der Waals surface area (Å²) in [6.45, 7) is 6.77. The number of likely N-dealkylation sites (N-methyl/N-ethyl adjacent to an activating group) is 1. The van der Waals surface area contributed by atoms with Crippen molar-refractivity contribution in [3.8, 4) is 0 Å². The molecule has 0 aromatic rings. The quantitative estimate of drug-likeness (QED) is 0.0212. The Kier molecular flexibility index (Phi) is 45.3. The Morgan fingerprint density at radius 2 is 0.939 bits per heavy atom. The third-order valence-corrected chi connectivity index (χ3v) is 13.0. The molecule has 386 valence electrons. The Bertz CT molecular complexity index is 1280. The van der Waals surface area contributed by atoms with Crippen LogP contribution in [0, 0.1) is 0 Å². The molecule has 0 aliphatic carbocycles. The van der Waals surface area contributed by atoms with Gasteiger partial charge in [-0.15, -0.1) is 0 Å².